The van der Waals surface area contributed by atoms with Crippen LogP contribution < -0.4 is 11.1 Å². The molecule has 110 valence electrons. The second-order valence-corrected chi connectivity index (χ2v) is 4.57. The third-order valence-electron chi connectivity index (χ3n) is 3.22. The Labute approximate surface area is 117 Å². The van der Waals surface area contributed by atoms with E-state index in [1.807, 2.05) is 13.8 Å². The first-order valence-corrected chi connectivity index (χ1v) is 6.37. The summed E-state index contributed by atoms with van der Waals surface area (Å²) in [4.78, 5) is 21.6. The molecule has 20 heavy (non-hydrogen) atoms. The van der Waals surface area contributed by atoms with Crippen LogP contribution in [-0.4, -0.2) is 23.2 Å². The Morgan fingerprint density at radius 2 is 1.90 bits per heavy atom. The number of nitrogens with two attached hydrogens (primary N) is 1. The van der Waals surface area contributed by atoms with Crippen LogP contribution in [0, 0.1) is 10.1 Å². The molecule has 0 aliphatic heterocycles. The van der Waals surface area contributed by atoms with Gasteiger partial charge in [-0.05, 0) is 25.0 Å². The summed E-state index contributed by atoms with van der Waals surface area (Å²) in [7, 11) is 0. The summed E-state index contributed by atoms with van der Waals surface area (Å²) in [6, 6.07) is 5.49. The predicted octanol–water partition coefficient (Wildman–Crippen LogP) is 2.66. The van der Waals surface area contributed by atoms with Gasteiger partial charge in [-0.25, -0.2) is 4.79 Å². The number of nitrogens with zero attached hydrogens (tertiary/aromatic N) is 1. The van der Waals surface area contributed by atoms with Gasteiger partial charge in [-0.2, -0.15) is 0 Å². The highest BCUT2D eigenvalue weighted by atomic mass is 16.6. The molecule has 0 aliphatic rings. The molecule has 1 aromatic carbocycles. The minimum Gasteiger partial charge on any atom is -0.447 e. The molecule has 0 heterocycles. The maximum Gasteiger partial charge on any atom is 0.411 e. The summed E-state index contributed by atoms with van der Waals surface area (Å²) < 4.78 is 5.06. The lowest BCUT2D eigenvalue weighted by molar-refractivity contribution is -0.384. The fourth-order valence-corrected chi connectivity index (χ4v) is 1.48. The van der Waals surface area contributed by atoms with E-state index in [-0.39, 0.29) is 12.3 Å². The molecule has 0 radical (unpaired) electrons. The Balaban J connectivity index is 2.52. The number of nitro groups is 1. The highest BCUT2D eigenvalue weighted by Gasteiger charge is 2.22. The van der Waals surface area contributed by atoms with E-state index >= 15 is 0 Å². The van der Waals surface area contributed by atoms with E-state index in [1.54, 1.807) is 0 Å². The monoisotopic (exact) mass is 281 g/mol. The normalized spacial score (nSPS) is 10.9. The first-order valence-electron chi connectivity index (χ1n) is 6.37. The Bertz CT molecular complexity index is 469. The molecule has 0 unspecified atom stereocenters. The summed E-state index contributed by atoms with van der Waals surface area (Å²) in [5, 5.41) is 13.0. The minimum atomic E-state index is -0.629. The van der Waals surface area contributed by atoms with Gasteiger partial charge in [0.15, 0.2) is 0 Å². The van der Waals surface area contributed by atoms with Crippen molar-refractivity contribution < 1.29 is 14.5 Å². The van der Waals surface area contributed by atoms with Crippen molar-refractivity contribution in [3.05, 3.63) is 34.4 Å². The zero-order chi connectivity index (χ0) is 15.2. The lowest BCUT2D eigenvalue weighted by Crippen LogP contribution is -2.44. The Morgan fingerprint density at radius 3 is 2.35 bits per heavy atom. The van der Waals surface area contributed by atoms with Crippen molar-refractivity contribution in [3.63, 3.8) is 0 Å². The van der Waals surface area contributed by atoms with Crippen molar-refractivity contribution in [3.8, 4) is 0 Å². The van der Waals surface area contributed by atoms with Gasteiger partial charge in [0, 0.05) is 23.4 Å². The molecule has 0 aromatic heterocycles. The van der Waals surface area contributed by atoms with Crippen LogP contribution in [-0.2, 0) is 4.74 Å². The first-order chi connectivity index (χ1) is 9.40. The molecule has 0 saturated heterocycles. The second-order valence-electron chi connectivity index (χ2n) is 4.57. The SMILES string of the molecule is CCC(N)(CC)COC(=O)Nc1ccc([N+](=O)[O-])cc1. The number of nitrogens with one attached hydrogen (secondary N) is 1. The van der Waals surface area contributed by atoms with Crippen molar-refractivity contribution in [1.82, 2.24) is 0 Å². The molecule has 0 saturated carbocycles. The zero-order valence-electron chi connectivity index (χ0n) is 11.6. The Kier molecular flexibility index (Phi) is 5.45. The van der Waals surface area contributed by atoms with Crippen molar-refractivity contribution in [2.75, 3.05) is 11.9 Å². The number of hydrogen-bond donors (Lipinski definition) is 2. The number of carbonyl (C=O) groups excluding carboxylic acids is 1. The molecule has 7 nitrogen and oxygen atoms in total. The number of carbonyl (C=O) groups is 1. The maximum absolute atomic E-state index is 11.6. The van der Waals surface area contributed by atoms with Gasteiger partial charge < -0.3 is 10.5 Å². The number of rotatable bonds is 6. The van der Waals surface area contributed by atoms with Gasteiger partial charge in [0.05, 0.1) is 4.92 Å². The third-order valence-corrected chi connectivity index (χ3v) is 3.22. The molecule has 0 aliphatic carbocycles. The largest absolute Gasteiger partial charge is 0.447 e. The summed E-state index contributed by atoms with van der Waals surface area (Å²) >= 11 is 0. The molecule has 0 bridgehead atoms. The average molecular weight is 281 g/mol. The van der Waals surface area contributed by atoms with Gasteiger partial charge in [0.2, 0.25) is 0 Å². The van der Waals surface area contributed by atoms with E-state index in [2.05, 4.69) is 5.32 Å². The van der Waals surface area contributed by atoms with Gasteiger partial charge in [-0.1, -0.05) is 13.8 Å². The molecule has 0 fully saturated rings. The quantitative estimate of drug-likeness (QED) is 0.615. The van der Waals surface area contributed by atoms with Crippen molar-refractivity contribution in [2.24, 2.45) is 5.73 Å². The fraction of sp³-hybridized carbons (Fsp3) is 0.462. The second kappa shape index (κ2) is 6.85. The number of non-ortho nitro benzene ring substituents is 1. The molecule has 1 aromatic rings. The number of nitro benzene ring substituents is 1. The summed E-state index contributed by atoms with van der Waals surface area (Å²) in [5.41, 5.74) is 5.88. The molecular formula is C13H19N3O4. The van der Waals surface area contributed by atoms with E-state index < -0.39 is 16.6 Å². The zero-order valence-corrected chi connectivity index (χ0v) is 11.6. The Morgan fingerprint density at radius 1 is 1.35 bits per heavy atom. The van der Waals surface area contributed by atoms with Crippen molar-refractivity contribution in [2.45, 2.75) is 32.2 Å². The number of ether oxygens (including phenoxy) is 1. The van der Waals surface area contributed by atoms with Crippen LogP contribution >= 0.6 is 0 Å². The van der Waals surface area contributed by atoms with E-state index in [9.17, 15) is 14.9 Å². The van der Waals surface area contributed by atoms with Crippen LogP contribution in [0.5, 0.6) is 0 Å². The fourth-order valence-electron chi connectivity index (χ4n) is 1.48. The van der Waals surface area contributed by atoms with Crippen molar-refractivity contribution >= 4 is 17.5 Å². The number of benzene rings is 1. The van der Waals surface area contributed by atoms with E-state index in [4.69, 9.17) is 10.5 Å². The third kappa shape index (κ3) is 4.51. The van der Waals surface area contributed by atoms with Crippen LogP contribution in [0.15, 0.2) is 24.3 Å². The van der Waals surface area contributed by atoms with Gasteiger partial charge in [-0.3, -0.25) is 15.4 Å². The molecule has 3 N–H and O–H groups in total. The van der Waals surface area contributed by atoms with Crippen LogP contribution in [0.25, 0.3) is 0 Å². The highest BCUT2D eigenvalue weighted by molar-refractivity contribution is 5.84. The maximum atomic E-state index is 11.6. The summed E-state index contributed by atoms with van der Waals surface area (Å²) in [5.74, 6) is 0. The van der Waals surface area contributed by atoms with Gasteiger partial charge >= 0.3 is 6.09 Å². The topological polar surface area (TPSA) is 107 Å². The molecule has 0 spiro atoms. The minimum absolute atomic E-state index is 0.0399. The van der Waals surface area contributed by atoms with Gasteiger partial charge in [0.1, 0.15) is 6.61 Å². The first kappa shape index (κ1) is 15.9. The van der Waals surface area contributed by atoms with Crippen molar-refractivity contribution in [1.29, 1.82) is 0 Å². The van der Waals surface area contributed by atoms with E-state index in [0.717, 1.165) is 0 Å². The predicted molar refractivity (Wildman–Crippen MR) is 75.6 cm³/mol. The summed E-state index contributed by atoms with van der Waals surface area (Å²) in [6.07, 6.45) is 0.776. The molecule has 0 atom stereocenters. The van der Waals surface area contributed by atoms with Crippen LogP contribution in [0.2, 0.25) is 0 Å². The van der Waals surface area contributed by atoms with Crippen LogP contribution in [0.1, 0.15) is 26.7 Å². The molecule has 1 rings (SSSR count). The number of hydrogen-bond acceptors (Lipinski definition) is 5. The standard InChI is InChI=1S/C13H19N3O4/c1-3-13(14,4-2)9-20-12(17)15-10-5-7-11(8-6-10)16(18)19/h5-8H,3-4,9,14H2,1-2H3,(H,15,17). The number of amides is 1. The van der Waals surface area contributed by atoms with Crippen LogP contribution in [0.3, 0.4) is 0 Å². The highest BCUT2D eigenvalue weighted by Crippen LogP contribution is 2.16. The molecular weight excluding hydrogens is 262 g/mol. The molecule has 7 heteroatoms. The summed E-state index contributed by atoms with van der Waals surface area (Å²) in [6.45, 7) is 3.99. The van der Waals surface area contributed by atoms with Gasteiger partial charge in [0.25, 0.3) is 5.69 Å². The van der Waals surface area contributed by atoms with E-state index in [0.29, 0.717) is 18.5 Å². The Hall–Kier alpha value is -2.15. The average Bonchev–Trinajstić information content (AvgIpc) is 2.45. The lowest BCUT2D eigenvalue weighted by atomic mass is 9.96. The van der Waals surface area contributed by atoms with Crippen LogP contribution in [0.4, 0.5) is 16.2 Å². The number of anilines is 1. The lowest BCUT2D eigenvalue weighted by Gasteiger charge is -2.25. The van der Waals surface area contributed by atoms with E-state index in [1.165, 1.54) is 24.3 Å². The van der Waals surface area contributed by atoms with Gasteiger partial charge in [-0.15, -0.1) is 0 Å². The molecule has 1 amide bonds. The smallest absolute Gasteiger partial charge is 0.411 e.